The van der Waals surface area contributed by atoms with Gasteiger partial charge in [0.1, 0.15) is 23.8 Å². The number of anilines is 1. The number of carbonyl (C=O) groups is 1. The van der Waals surface area contributed by atoms with Crippen LogP contribution < -0.4 is 5.32 Å². The third-order valence-corrected chi connectivity index (χ3v) is 7.42. The van der Waals surface area contributed by atoms with E-state index in [2.05, 4.69) is 70.3 Å². The van der Waals surface area contributed by atoms with Gasteiger partial charge in [0.15, 0.2) is 0 Å². The van der Waals surface area contributed by atoms with Crippen molar-refractivity contribution >= 4 is 33.6 Å². The second-order valence-electron chi connectivity index (χ2n) is 9.92. The Morgan fingerprint density at radius 3 is 2.25 bits per heavy atom. The molecule has 0 radical (unpaired) electrons. The van der Waals surface area contributed by atoms with Gasteiger partial charge < -0.3 is 15.0 Å². The Labute approximate surface area is 233 Å². The summed E-state index contributed by atoms with van der Waals surface area (Å²) in [5.74, 6) is -0.403. The molecule has 0 saturated carbocycles. The molecule has 2 N–H and O–H groups in total. The van der Waals surface area contributed by atoms with Crippen LogP contribution in [0, 0.1) is 0 Å². The Morgan fingerprint density at radius 1 is 0.850 bits per heavy atom. The van der Waals surface area contributed by atoms with Gasteiger partial charge >= 0.3 is 5.97 Å². The van der Waals surface area contributed by atoms with Crippen LogP contribution in [0.2, 0.25) is 0 Å². The van der Waals surface area contributed by atoms with Crippen molar-refractivity contribution in [2.24, 2.45) is 0 Å². The zero-order valence-corrected chi connectivity index (χ0v) is 22.3. The molecule has 1 atom stereocenters. The number of carboxylic acids is 1. The highest BCUT2D eigenvalue weighted by atomic mass is 16.4. The first-order valence-corrected chi connectivity index (χ1v) is 13.6. The SMILES string of the molecule is CCc1c(-c2cccc3ccccc23)c2c(N[C@H](Cc3ccccc3)C(=O)O)ncnc2n1Cc1ccccc1. The normalized spacial score (nSPS) is 12.0. The summed E-state index contributed by atoms with van der Waals surface area (Å²) in [5, 5.41) is 16.6. The van der Waals surface area contributed by atoms with Crippen molar-refractivity contribution in [3.63, 3.8) is 0 Å². The van der Waals surface area contributed by atoms with Crippen molar-refractivity contribution in [3.05, 3.63) is 126 Å². The topological polar surface area (TPSA) is 80.0 Å². The minimum atomic E-state index is -0.929. The van der Waals surface area contributed by atoms with Crippen LogP contribution in [0.4, 0.5) is 5.82 Å². The highest BCUT2D eigenvalue weighted by Gasteiger charge is 2.26. The molecule has 6 heteroatoms. The van der Waals surface area contributed by atoms with Gasteiger partial charge in [-0.1, -0.05) is 110 Å². The maximum atomic E-state index is 12.4. The van der Waals surface area contributed by atoms with E-state index in [1.165, 1.54) is 11.9 Å². The molecule has 0 aliphatic carbocycles. The first-order valence-electron chi connectivity index (χ1n) is 13.6. The average molecular weight is 527 g/mol. The smallest absolute Gasteiger partial charge is 0.326 e. The predicted molar refractivity (Wildman–Crippen MR) is 161 cm³/mol. The number of hydrogen-bond donors (Lipinski definition) is 2. The summed E-state index contributed by atoms with van der Waals surface area (Å²) < 4.78 is 2.25. The first kappa shape index (κ1) is 25.3. The van der Waals surface area contributed by atoms with Gasteiger partial charge in [-0.05, 0) is 33.9 Å². The van der Waals surface area contributed by atoms with Crippen LogP contribution in [-0.4, -0.2) is 31.7 Å². The van der Waals surface area contributed by atoms with Gasteiger partial charge in [0, 0.05) is 24.2 Å². The van der Waals surface area contributed by atoms with Gasteiger partial charge in [-0.25, -0.2) is 14.8 Å². The summed E-state index contributed by atoms with van der Waals surface area (Å²) in [6.07, 6.45) is 2.63. The molecule has 0 aliphatic rings. The molecule has 0 bridgehead atoms. The van der Waals surface area contributed by atoms with Crippen molar-refractivity contribution in [1.29, 1.82) is 0 Å². The molecule has 6 nitrogen and oxygen atoms in total. The molecule has 6 rings (SSSR count). The summed E-state index contributed by atoms with van der Waals surface area (Å²) >= 11 is 0. The molecule has 40 heavy (non-hydrogen) atoms. The Hall–Kier alpha value is -4.97. The highest BCUT2D eigenvalue weighted by molar-refractivity contribution is 6.09. The molecule has 0 saturated heterocycles. The van der Waals surface area contributed by atoms with Crippen molar-refractivity contribution < 1.29 is 9.90 Å². The van der Waals surface area contributed by atoms with E-state index in [0.29, 0.717) is 18.8 Å². The van der Waals surface area contributed by atoms with Crippen molar-refractivity contribution in [2.75, 3.05) is 5.32 Å². The number of nitrogens with one attached hydrogen (secondary N) is 1. The molecule has 0 spiro atoms. The van der Waals surface area contributed by atoms with Crippen LogP contribution in [0.3, 0.4) is 0 Å². The summed E-state index contributed by atoms with van der Waals surface area (Å²) in [6, 6.07) is 33.8. The Bertz CT molecular complexity index is 1790. The molecule has 4 aromatic carbocycles. The van der Waals surface area contributed by atoms with Gasteiger partial charge in [-0.2, -0.15) is 0 Å². The number of carboxylic acid groups (broad SMARTS) is 1. The molecule has 0 unspecified atom stereocenters. The number of aromatic nitrogens is 3. The van der Waals surface area contributed by atoms with E-state index in [-0.39, 0.29) is 0 Å². The van der Waals surface area contributed by atoms with E-state index in [1.807, 2.05) is 54.6 Å². The van der Waals surface area contributed by atoms with Crippen LogP contribution in [0.5, 0.6) is 0 Å². The lowest BCUT2D eigenvalue weighted by atomic mass is 9.95. The van der Waals surface area contributed by atoms with Gasteiger partial charge in [0.25, 0.3) is 0 Å². The fourth-order valence-electron chi connectivity index (χ4n) is 5.58. The lowest BCUT2D eigenvalue weighted by Gasteiger charge is -2.17. The van der Waals surface area contributed by atoms with Crippen molar-refractivity contribution in [3.8, 4) is 11.1 Å². The summed E-state index contributed by atoms with van der Waals surface area (Å²) in [5.41, 5.74) is 6.15. The van der Waals surface area contributed by atoms with Crippen LogP contribution in [-0.2, 0) is 24.2 Å². The molecular formula is C34H30N4O2. The number of rotatable bonds is 9. The molecule has 2 aromatic heterocycles. The van der Waals surface area contributed by atoms with E-state index in [0.717, 1.165) is 50.6 Å². The zero-order chi connectivity index (χ0) is 27.5. The molecule has 0 aliphatic heterocycles. The molecule has 198 valence electrons. The third kappa shape index (κ3) is 4.80. The maximum Gasteiger partial charge on any atom is 0.326 e. The van der Waals surface area contributed by atoms with E-state index in [1.54, 1.807) is 0 Å². The standard InChI is InChI=1S/C34H30N4O2/c1-2-29-30(27-19-11-17-25-16-9-10-18-26(25)27)31-32(37-28(34(39)40)20-23-12-5-3-6-13-23)35-22-36-33(31)38(29)21-24-14-7-4-8-15-24/h3-19,22,28H,2,20-21H2,1H3,(H,39,40)(H,35,36,37)/t28-/m1/s1. The van der Waals surface area contributed by atoms with Gasteiger partial charge in [0.05, 0.1) is 5.39 Å². The van der Waals surface area contributed by atoms with Crippen molar-refractivity contribution in [1.82, 2.24) is 14.5 Å². The fourth-order valence-corrected chi connectivity index (χ4v) is 5.58. The highest BCUT2D eigenvalue weighted by Crippen LogP contribution is 2.41. The van der Waals surface area contributed by atoms with E-state index < -0.39 is 12.0 Å². The number of nitrogens with zero attached hydrogens (tertiary/aromatic N) is 3. The summed E-state index contributed by atoms with van der Waals surface area (Å²) in [7, 11) is 0. The van der Waals surface area contributed by atoms with Gasteiger partial charge in [-0.15, -0.1) is 0 Å². The predicted octanol–water partition coefficient (Wildman–Crippen LogP) is 6.97. The number of aliphatic carboxylic acids is 1. The van der Waals surface area contributed by atoms with Crippen LogP contribution in [0.15, 0.2) is 109 Å². The average Bonchev–Trinajstić information content (AvgIpc) is 3.31. The first-order chi connectivity index (χ1) is 19.6. The molecule has 2 heterocycles. The molecule has 6 aromatic rings. The molecule has 0 fully saturated rings. The van der Waals surface area contributed by atoms with Crippen LogP contribution in [0.25, 0.3) is 32.9 Å². The lowest BCUT2D eigenvalue weighted by molar-refractivity contribution is -0.137. The number of benzene rings is 4. The largest absolute Gasteiger partial charge is 0.480 e. The lowest BCUT2D eigenvalue weighted by Crippen LogP contribution is -2.32. The fraction of sp³-hybridized carbons (Fsp3) is 0.147. The second-order valence-corrected chi connectivity index (χ2v) is 9.92. The zero-order valence-electron chi connectivity index (χ0n) is 22.3. The Kier molecular flexibility index (Phi) is 6.98. The van der Waals surface area contributed by atoms with Crippen LogP contribution in [0.1, 0.15) is 23.7 Å². The van der Waals surface area contributed by atoms with Crippen LogP contribution >= 0.6 is 0 Å². The Morgan fingerprint density at radius 2 is 1.52 bits per heavy atom. The minimum absolute atomic E-state index is 0.330. The van der Waals surface area contributed by atoms with Crippen molar-refractivity contribution in [2.45, 2.75) is 32.4 Å². The third-order valence-electron chi connectivity index (χ3n) is 7.42. The van der Waals surface area contributed by atoms with E-state index >= 15 is 0 Å². The number of fused-ring (bicyclic) bond motifs is 2. The minimum Gasteiger partial charge on any atom is -0.480 e. The van der Waals surface area contributed by atoms with Gasteiger partial charge in [0.2, 0.25) is 0 Å². The monoisotopic (exact) mass is 526 g/mol. The van der Waals surface area contributed by atoms with Gasteiger partial charge in [-0.3, -0.25) is 0 Å². The molecular weight excluding hydrogens is 496 g/mol. The quantitative estimate of drug-likeness (QED) is 0.213. The second kappa shape index (κ2) is 11.0. The summed E-state index contributed by atoms with van der Waals surface area (Å²) in [6.45, 7) is 2.80. The molecule has 0 amide bonds. The van der Waals surface area contributed by atoms with E-state index in [4.69, 9.17) is 4.98 Å². The maximum absolute atomic E-state index is 12.4. The summed E-state index contributed by atoms with van der Waals surface area (Å²) in [4.78, 5) is 21.8. The number of hydrogen-bond acceptors (Lipinski definition) is 4. The Balaban J connectivity index is 1.58. The van der Waals surface area contributed by atoms with E-state index in [9.17, 15) is 9.90 Å².